The van der Waals surface area contributed by atoms with Crippen LogP contribution in [0, 0.1) is 0 Å². The maximum atomic E-state index is 12.1. The van der Waals surface area contributed by atoms with Crippen LogP contribution in [0.2, 0.25) is 10.0 Å². The van der Waals surface area contributed by atoms with Gasteiger partial charge >= 0.3 is 0 Å². The van der Waals surface area contributed by atoms with Crippen molar-refractivity contribution in [3.63, 3.8) is 0 Å². The molecule has 0 unspecified atom stereocenters. The number of amides is 2. The van der Waals surface area contributed by atoms with Crippen molar-refractivity contribution in [3.8, 4) is 0 Å². The normalized spacial score (nSPS) is 11.0. The fourth-order valence-corrected chi connectivity index (χ4v) is 2.86. The second-order valence-corrected chi connectivity index (χ2v) is 6.91. The zero-order valence-corrected chi connectivity index (χ0v) is 17.2. The molecule has 0 aliphatic carbocycles. The summed E-state index contributed by atoms with van der Waals surface area (Å²) in [6.45, 7) is 0. The molecule has 0 atom stereocenters. The largest absolute Gasteiger partial charge is 0.307 e. The Kier molecular flexibility index (Phi) is 7.38. The van der Waals surface area contributed by atoms with Gasteiger partial charge in [0.2, 0.25) is 11.8 Å². The van der Waals surface area contributed by atoms with E-state index in [4.69, 9.17) is 23.2 Å². The molecule has 150 valence electrons. The standard InChI is InChI=1S/C23H17Cl2N3O2/c24-18-8-3-1-6-16(18)12-14-22(29)27-20-10-5-11-21(26-20)28-23(30)15-13-17-7-2-4-9-19(17)25/h1-15H,(H2,26,27,28,29,30). The van der Waals surface area contributed by atoms with Gasteiger partial charge in [0.25, 0.3) is 0 Å². The van der Waals surface area contributed by atoms with Crippen LogP contribution >= 0.6 is 23.2 Å². The average molecular weight is 438 g/mol. The molecule has 2 N–H and O–H groups in total. The van der Waals surface area contributed by atoms with Gasteiger partial charge in [-0.2, -0.15) is 0 Å². The summed E-state index contributed by atoms with van der Waals surface area (Å²) < 4.78 is 0. The first-order chi connectivity index (χ1) is 14.5. The van der Waals surface area contributed by atoms with E-state index in [1.54, 1.807) is 54.6 Å². The Morgan fingerprint density at radius 1 is 0.667 bits per heavy atom. The van der Waals surface area contributed by atoms with E-state index in [1.165, 1.54) is 12.2 Å². The van der Waals surface area contributed by atoms with Gasteiger partial charge in [0, 0.05) is 22.2 Å². The number of carbonyl (C=O) groups excluding carboxylic acids is 2. The highest BCUT2D eigenvalue weighted by atomic mass is 35.5. The van der Waals surface area contributed by atoms with Crippen molar-refractivity contribution in [1.29, 1.82) is 0 Å². The summed E-state index contributed by atoms with van der Waals surface area (Å²) in [5.74, 6) is -0.137. The van der Waals surface area contributed by atoms with Crippen LogP contribution < -0.4 is 10.6 Å². The third kappa shape index (κ3) is 6.30. The minimum atomic E-state index is -0.371. The SMILES string of the molecule is O=C(C=Cc1ccccc1Cl)Nc1cccc(NC(=O)C=Cc2ccccc2Cl)n1. The van der Waals surface area contributed by atoms with Crippen molar-refractivity contribution in [1.82, 2.24) is 4.98 Å². The Bertz CT molecular complexity index is 1040. The van der Waals surface area contributed by atoms with Crippen molar-refractivity contribution in [2.45, 2.75) is 0 Å². The second-order valence-electron chi connectivity index (χ2n) is 6.10. The Morgan fingerprint density at radius 3 is 1.53 bits per heavy atom. The van der Waals surface area contributed by atoms with Crippen LogP contribution in [0.5, 0.6) is 0 Å². The van der Waals surface area contributed by atoms with Gasteiger partial charge in [-0.3, -0.25) is 9.59 Å². The van der Waals surface area contributed by atoms with E-state index in [1.807, 2.05) is 24.3 Å². The maximum absolute atomic E-state index is 12.1. The predicted octanol–water partition coefficient (Wildman–Crippen LogP) is 5.69. The summed E-state index contributed by atoms with van der Waals surface area (Å²) in [5.41, 5.74) is 1.46. The first-order valence-corrected chi connectivity index (χ1v) is 9.71. The quantitative estimate of drug-likeness (QED) is 0.486. The Morgan fingerprint density at radius 2 is 1.10 bits per heavy atom. The molecule has 0 aliphatic heterocycles. The van der Waals surface area contributed by atoms with Gasteiger partial charge in [-0.15, -0.1) is 0 Å². The molecule has 0 fully saturated rings. The summed E-state index contributed by atoms with van der Waals surface area (Å²) in [6.07, 6.45) is 5.95. The lowest BCUT2D eigenvalue weighted by molar-refractivity contribution is -0.112. The summed E-state index contributed by atoms with van der Waals surface area (Å²) in [5, 5.41) is 6.39. The molecular formula is C23H17Cl2N3O2. The van der Waals surface area contributed by atoms with Crippen molar-refractivity contribution >= 4 is 58.8 Å². The van der Waals surface area contributed by atoms with E-state index >= 15 is 0 Å². The van der Waals surface area contributed by atoms with E-state index in [0.717, 1.165) is 11.1 Å². The number of aromatic nitrogens is 1. The van der Waals surface area contributed by atoms with E-state index in [2.05, 4.69) is 15.6 Å². The number of pyridine rings is 1. The second kappa shape index (κ2) is 10.4. The highest BCUT2D eigenvalue weighted by Gasteiger charge is 2.04. The molecular weight excluding hydrogens is 421 g/mol. The van der Waals surface area contributed by atoms with Crippen LogP contribution in [-0.4, -0.2) is 16.8 Å². The van der Waals surface area contributed by atoms with Gasteiger partial charge in [-0.1, -0.05) is 65.7 Å². The molecule has 1 heterocycles. The molecule has 0 bridgehead atoms. The summed E-state index contributed by atoms with van der Waals surface area (Å²) in [6, 6.07) is 19.3. The lowest BCUT2D eigenvalue weighted by atomic mass is 10.2. The molecule has 0 saturated carbocycles. The van der Waals surface area contributed by atoms with Crippen molar-refractivity contribution in [2.75, 3.05) is 10.6 Å². The molecule has 0 aliphatic rings. The third-order valence-electron chi connectivity index (χ3n) is 3.89. The number of nitrogens with zero attached hydrogens (tertiary/aromatic N) is 1. The van der Waals surface area contributed by atoms with Crippen molar-refractivity contribution in [3.05, 3.63) is 100 Å². The molecule has 1 aromatic heterocycles. The van der Waals surface area contributed by atoms with Gasteiger partial charge in [0.05, 0.1) is 0 Å². The zero-order valence-electron chi connectivity index (χ0n) is 15.7. The highest BCUT2D eigenvalue weighted by Crippen LogP contribution is 2.17. The monoisotopic (exact) mass is 437 g/mol. The van der Waals surface area contributed by atoms with Gasteiger partial charge in [0.15, 0.2) is 0 Å². The summed E-state index contributed by atoms with van der Waals surface area (Å²) >= 11 is 12.1. The van der Waals surface area contributed by atoms with Crippen LogP contribution in [0.4, 0.5) is 11.6 Å². The number of hydrogen-bond acceptors (Lipinski definition) is 3. The molecule has 2 amide bonds. The molecule has 0 radical (unpaired) electrons. The van der Waals surface area contributed by atoms with Crippen LogP contribution in [0.3, 0.4) is 0 Å². The molecule has 3 aromatic rings. The minimum Gasteiger partial charge on any atom is -0.307 e. The third-order valence-corrected chi connectivity index (χ3v) is 4.58. The molecule has 30 heavy (non-hydrogen) atoms. The number of carbonyl (C=O) groups is 2. The smallest absolute Gasteiger partial charge is 0.249 e. The molecule has 2 aromatic carbocycles. The van der Waals surface area contributed by atoms with E-state index in [0.29, 0.717) is 21.7 Å². The van der Waals surface area contributed by atoms with Gasteiger partial charge in [-0.25, -0.2) is 4.98 Å². The number of benzene rings is 2. The first-order valence-electron chi connectivity index (χ1n) is 8.95. The van der Waals surface area contributed by atoms with Gasteiger partial charge < -0.3 is 10.6 Å². The predicted molar refractivity (Wildman–Crippen MR) is 122 cm³/mol. The Labute approximate surface area is 184 Å². The number of nitrogens with one attached hydrogen (secondary N) is 2. The zero-order chi connectivity index (χ0) is 21.3. The Hall–Kier alpha value is -3.41. The lowest BCUT2D eigenvalue weighted by Gasteiger charge is -2.05. The highest BCUT2D eigenvalue weighted by molar-refractivity contribution is 6.32. The first kappa shape index (κ1) is 21.3. The Balaban J connectivity index is 1.60. The maximum Gasteiger partial charge on any atom is 0.249 e. The van der Waals surface area contributed by atoms with E-state index in [9.17, 15) is 9.59 Å². The van der Waals surface area contributed by atoms with Crippen LogP contribution in [0.1, 0.15) is 11.1 Å². The minimum absolute atomic E-state index is 0.302. The molecule has 5 nitrogen and oxygen atoms in total. The fraction of sp³-hybridized carbons (Fsp3) is 0. The van der Waals surface area contributed by atoms with Crippen molar-refractivity contribution in [2.24, 2.45) is 0 Å². The van der Waals surface area contributed by atoms with Crippen molar-refractivity contribution < 1.29 is 9.59 Å². The summed E-state index contributed by atoms with van der Waals surface area (Å²) in [4.78, 5) is 28.5. The topological polar surface area (TPSA) is 71.1 Å². The molecule has 0 spiro atoms. The van der Waals surface area contributed by atoms with Crippen LogP contribution in [0.15, 0.2) is 78.9 Å². The number of anilines is 2. The number of rotatable bonds is 6. The fourth-order valence-electron chi connectivity index (χ4n) is 2.46. The van der Waals surface area contributed by atoms with Crippen LogP contribution in [-0.2, 0) is 9.59 Å². The average Bonchev–Trinajstić information content (AvgIpc) is 2.73. The summed E-state index contributed by atoms with van der Waals surface area (Å²) in [7, 11) is 0. The molecule has 0 saturated heterocycles. The van der Waals surface area contributed by atoms with Gasteiger partial charge in [-0.05, 0) is 47.5 Å². The van der Waals surface area contributed by atoms with E-state index in [-0.39, 0.29) is 11.8 Å². The number of hydrogen-bond donors (Lipinski definition) is 2. The number of halogens is 2. The molecule has 7 heteroatoms. The molecule has 3 rings (SSSR count). The van der Waals surface area contributed by atoms with Gasteiger partial charge in [0.1, 0.15) is 11.6 Å². The lowest BCUT2D eigenvalue weighted by Crippen LogP contribution is -2.12. The van der Waals surface area contributed by atoms with Crippen LogP contribution in [0.25, 0.3) is 12.2 Å². The van der Waals surface area contributed by atoms with E-state index < -0.39 is 0 Å².